The van der Waals surface area contributed by atoms with Crippen LogP contribution in [0.25, 0.3) is 11.0 Å². The number of phenolic OH excluding ortho intramolecular Hbond substituents is 1. The number of aromatic nitrogens is 2. The van der Waals surface area contributed by atoms with Gasteiger partial charge in [-0.3, -0.25) is 0 Å². The molecule has 2 aromatic carbocycles. The van der Waals surface area contributed by atoms with Crippen LogP contribution in [0, 0.1) is 0 Å². The third-order valence-electron chi connectivity index (χ3n) is 5.29. The minimum Gasteiger partial charge on any atom is -0.508 e. The lowest BCUT2D eigenvalue weighted by Gasteiger charge is -2.31. The summed E-state index contributed by atoms with van der Waals surface area (Å²) in [6.45, 7) is 1.74. The maximum Gasteiger partial charge on any atom is 0.416 e. The van der Waals surface area contributed by atoms with Crippen LogP contribution < -0.4 is 0 Å². The van der Waals surface area contributed by atoms with Crippen LogP contribution in [0.4, 0.5) is 13.2 Å². The second kappa shape index (κ2) is 7.68. The lowest BCUT2D eigenvalue weighted by molar-refractivity contribution is -0.137. The molecule has 2 N–H and O–H groups in total. The van der Waals surface area contributed by atoms with Gasteiger partial charge in [-0.1, -0.05) is 18.2 Å². The Kier molecular flexibility index (Phi) is 5.23. The molecule has 0 spiro atoms. The van der Waals surface area contributed by atoms with E-state index in [-0.39, 0.29) is 11.7 Å². The Hall–Kier alpha value is -2.58. The fraction of sp³-hybridized carbons (Fsp3) is 0.381. The van der Waals surface area contributed by atoms with Crippen LogP contribution in [0.15, 0.2) is 42.5 Å². The third-order valence-corrected chi connectivity index (χ3v) is 5.29. The van der Waals surface area contributed by atoms with Crippen molar-refractivity contribution in [3.63, 3.8) is 0 Å². The van der Waals surface area contributed by atoms with E-state index >= 15 is 0 Å². The number of fused-ring (bicyclic) bond motifs is 1. The topological polar surface area (TPSA) is 61.4 Å². The number of phenols is 1. The van der Waals surface area contributed by atoms with Crippen molar-refractivity contribution in [1.82, 2.24) is 14.9 Å². The molecule has 0 amide bonds. The van der Waals surface area contributed by atoms with Crippen molar-refractivity contribution in [2.24, 2.45) is 0 Å². The molecular weight excluding hydrogens is 383 g/mol. The number of alkyl halides is 3. The van der Waals surface area contributed by atoms with Crippen molar-refractivity contribution in [1.29, 1.82) is 0 Å². The lowest BCUT2D eigenvalue weighted by Crippen LogP contribution is -2.35. The zero-order valence-electron chi connectivity index (χ0n) is 15.9. The molecule has 8 heteroatoms. The van der Waals surface area contributed by atoms with Gasteiger partial charge in [0.15, 0.2) is 0 Å². The van der Waals surface area contributed by atoms with Gasteiger partial charge in [0, 0.05) is 18.7 Å². The van der Waals surface area contributed by atoms with E-state index in [9.17, 15) is 18.3 Å². The van der Waals surface area contributed by atoms with Crippen LogP contribution >= 0.6 is 0 Å². The van der Waals surface area contributed by atoms with Crippen LogP contribution in [0.1, 0.15) is 35.9 Å². The van der Waals surface area contributed by atoms with E-state index < -0.39 is 23.6 Å². The van der Waals surface area contributed by atoms with Gasteiger partial charge in [-0.15, -0.1) is 0 Å². The maximum atomic E-state index is 13.0. The minimum atomic E-state index is -4.53. The van der Waals surface area contributed by atoms with Crippen molar-refractivity contribution in [3.8, 4) is 5.75 Å². The van der Waals surface area contributed by atoms with E-state index in [4.69, 9.17) is 4.74 Å². The van der Waals surface area contributed by atoms with Crippen LogP contribution in [0.2, 0.25) is 0 Å². The number of piperidine rings is 1. The highest BCUT2D eigenvalue weighted by Gasteiger charge is 2.33. The summed E-state index contributed by atoms with van der Waals surface area (Å²) in [4.78, 5) is 9.94. The Morgan fingerprint density at radius 1 is 1.17 bits per heavy atom. The number of likely N-dealkylation sites (tertiary alicyclic amines) is 1. The summed E-state index contributed by atoms with van der Waals surface area (Å²) in [6, 6.07) is 10.4. The number of para-hydroxylation sites is 2. The average Bonchev–Trinajstić information content (AvgIpc) is 3.11. The Labute approximate surface area is 166 Å². The number of rotatable bonds is 4. The van der Waals surface area contributed by atoms with Crippen molar-refractivity contribution in [2.45, 2.75) is 31.2 Å². The van der Waals surface area contributed by atoms with E-state index in [0.717, 1.165) is 49.1 Å². The molecule has 0 bridgehead atoms. The molecule has 2 heterocycles. The van der Waals surface area contributed by atoms with Crippen molar-refractivity contribution >= 4 is 11.0 Å². The molecular formula is C21H22F3N3O2. The van der Waals surface area contributed by atoms with Gasteiger partial charge in [-0.2, -0.15) is 13.2 Å². The number of imidazole rings is 1. The molecule has 1 saturated heterocycles. The van der Waals surface area contributed by atoms with E-state index in [1.54, 1.807) is 0 Å². The van der Waals surface area contributed by atoms with Crippen LogP contribution in [-0.4, -0.2) is 46.2 Å². The Morgan fingerprint density at radius 2 is 1.90 bits per heavy atom. The van der Waals surface area contributed by atoms with Crippen LogP contribution in [0.3, 0.4) is 0 Å². The van der Waals surface area contributed by atoms with Crippen molar-refractivity contribution in [3.05, 3.63) is 59.4 Å². The number of nitrogens with one attached hydrogen (secondary N) is 1. The average molecular weight is 405 g/mol. The Balaban J connectivity index is 1.71. The lowest BCUT2D eigenvalue weighted by atomic mass is 10.0. The quantitative estimate of drug-likeness (QED) is 0.672. The molecule has 3 aromatic rings. The van der Waals surface area contributed by atoms with E-state index in [1.165, 1.54) is 6.07 Å². The molecule has 0 radical (unpaired) electrons. The van der Waals surface area contributed by atoms with Crippen LogP contribution in [0.5, 0.6) is 5.75 Å². The van der Waals surface area contributed by atoms with Gasteiger partial charge < -0.3 is 19.7 Å². The second-order valence-electron chi connectivity index (χ2n) is 7.43. The minimum absolute atomic E-state index is 0.0777. The summed E-state index contributed by atoms with van der Waals surface area (Å²) in [5.74, 6) is -0.00149. The van der Waals surface area contributed by atoms with Crippen molar-refractivity contribution < 1.29 is 23.0 Å². The number of aromatic hydroxyl groups is 1. The molecule has 1 aliphatic heterocycles. The SMILES string of the molecule is CN1CCC(OC(c2nc3ccccc3[nH]2)c2ccc(C(F)(F)F)cc2O)CC1. The molecule has 0 aliphatic carbocycles. The fourth-order valence-electron chi connectivity index (χ4n) is 3.64. The first-order valence-electron chi connectivity index (χ1n) is 9.50. The van der Waals surface area contributed by atoms with E-state index in [0.29, 0.717) is 5.82 Å². The number of H-pyrrole nitrogens is 1. The van der Waals surface area contributed by atoms with Gasteiger partial charge in [0.2, 0.25) is 0 Å². The monoisotopic (exact) mass is 405 g/mol. The highest BCUT2D eigenvalue weighted by atomic mass is 19.4. The van der Waals surface area contributed by atoms with Gasteiger partial charge in [0.1, 0.15) is 17.7 Å². The number of nitrogens with zero attached hydrogens (tertiary/aromatic N) is 2. The predicted octanol–water partition coefficient (Wildman–Crippen LogP) is 4.49. The summed E-state index contributed by atoms with van der Waals surface area (Å²) >= 11 is 0. The number of aromatic amines is 1. The molecule has 1 atom stereocenters. The zero-order chi connectivity index (χ0) is 20.6. The summed E-state index contributed by atoms with van der Waals surface area (Å²) in [6.07, 6.45) is -3.80. The number of halogens is 3. The number of hydrogen-bond donors (Lipinski definition) is 2. The molecule has 1 unspecified atom stereocenters. The molecule has 1 aromatic heterocycles. The predicted molar refractivity (Wildman–Crippen MR) is 103 cm³/mol. The molecule has 1 fully saturated rings. The molecule has 154 valence electrons. The smallest absolute Gasteiger partial charge is 0.416 e. The van der Waals surface area contributed by atoms with Gasteiger partial charge in [-0.05, 0) is 44.2 Å². The summed E-state index contributed by atoms with van der Waals surface area (Å²) in [5.41, 5.74) is 0.883. The van der Waals surface area contributed by atoms with Gasteiger partial charge >= 0.3 is 6.18 Å². The van der Waals surface area contributed by atoms with Crippen molar-refractivity contribution in [2.75, 3.05) is 20.1 Å². The first-order chi connectivity index (χ1) is 13.8. The highest BCUT2D eigenvalue weighted by Crippen LogP contribution is 2.38. The van der Waals surface area contributed by atoms with Gasteiger partial charge in [-0.25, -0.2) is 4.98 Å². The molecule has 4 rings (SSSR count). The molecule has 1 aliphatic rings. The van der Waals surface area contributed by atoms with E-state index in [2.05, 4.69) is 14.9 Å². The molecule has 5 nitrogen and oxygen atoms in total. The normalized spacial score (nSPS) is 17.7. The third kappa shape index (κ3) is 4.23. The molecule has 29 heavy (non-hydrogen) atoms. The summed E-state index contributed by atoms with van der Waals surface area (Å²) in [5, 5.41) is 10.4. The maximum absolute atomic E-state index is 13.0. The summed E-state index contributed by atoms with van der Waals surface area (Å²) in [7, 11) is 2.04. The number of benzene rings is 2. The fourth-order valence-corrected chi connectivity index (χ4v) is 3.64. The second-order valence-corrected chi connectivity index (χ2v) is 7.43. The standard InChI is InChI=1S/C21H22F3N3O2/c1-27-10-8-14(9-11-27)29-19(20-25-16-4-2-3-5-17(16)26-20)15-7-6-13(12-18(15)28)21(22,23)24/h2-7,12,14,19,28H,8-11H2,1H3,(H,25,26). The zero-order valence-corrected chi connectivity index (χ0v) is 15.9. The number of ether oxygens (including phenoxy) is 1. The highest BCUT2D eigenvalue weighted by molar-refractivity contribution is 5.75. The van der Waals surface area contributed by atoms with Gasteiger partial charge in [0.05, 0.1) is 22.7 Å². The van der Waals surface area contributed by atoms with Crippen LogP contribution in [-0.2, 0) is 10.9 Å². The Morgan fingerprint density at radius 3 is 2.55 bits per heavy atom. The first kappa shape index (κ1) is 19.7. The summed E-state index contributed by atoms with van der Waals surface area (Å²) < 4.78 is 45.3. The van der Waals surface area contributed by atoms with E-state index in [1.807, 2.05) is 31.3 Å². The number of hydrogen-bond acceptors (Lipinski definition) is 4. The van der Waals surface area contributed by atoms with Gasteiger partial charge in [0.25, 0.3) is 0 Å². The largest absolute Gasteiger partial charge is 0.508 e. The first-order valence-corrected chi connectivity index (χ1v) is 9.50. The Bertz CT molecular complexity index is 961. The molecule has 0 saturated carbocycles.